The van der Waals surface area contributed by atoms with Crippen LogP contribution in [0.4, 0.5) is 0 Å². The third-order valence-electron chi connectivity index (χ3n) is 5.51. The van der Waals surface area contributed by atoms with Crippen molar-refractivity contribution in [3.05, 3.63) is 63.6 Å². The summed E-state index contributed by atoms with van der Waals surface area (Å²) in [6.45, 7) is 0.535. The Morgan fingerprint density at radius 1 is 0.964 bits per heavy atom. The van der Waals surface area contributed by atoms with Crippen molar-refractivity contribution < 1.29 is 13.5 Å². The summed E-state index contributed by atoms with van der Waals surface area (Å²) in [4.78, 5) is 0.128. The van der Waals surface area contributed by atoms with E-state index in [1.54, 1.807) is 0 Å². The number of aliphatic hydroxyl groups excluding tert-OH is 1. The number of nitrogens with one attached hydrogen (secondary N) is 1. The lowest BCUT2D eigenvalue weighted by Gasteiger charge is -2.29. The average Bonchev–Trinajstić information content (AvgIpc) is 3.13. The molecule has 0 aliphatic heterocycles. The summed E-state index contributed by atoms with van der Waals surface area (Å²) in [5.41, 5.74) is 2.21. The summed E-state index contributed by atoms with van der Waals surface area (Å²) in [6, 6.07) is 12.6. The highest BCUT2D eigenvalue weighted by molar-refractivity contribution is 7.89. The van der Waals surface area contributed by atoms with Crippen LogP contribution in [0, 0.1) is 5.41 Å². The maximum Gasteiger partial charge on any atom is 0.240 e. The van der Waals surface area contributed by atoms with Gasteiger partial charge in [0, 0.05) is 13.2 Å². The first kappa shape index (κ1) is 21.6. The van der Waals surface area contributed by atoms with Crippen LogP contribution in [0.2, 0.25) is 10.0 Å². The van der Waals surface area contributed by atoms with E-state index in [0.29, 0.717) is 18.0 Å². The van der Waals surface area contributed by atoms with Crippen LogP contribution in [0.15, 0.2) is 47.4 Å². The fourth-order valence-corrected chi connectivity index (χ4v) is 5.45. The Balaban J connectivity index is 1.72. The van der Waals surface area contributed by atoms with E-state index >= 15 is 0 Å². The van der Waals surface area contributed by atoms with Gasteiger partial charge < -0.3 is 5.11 Å². The Bertz CT molecular complexity index is 908. The minimum atomic E-state index is -3.65. The molecule has 2 aromatic rings. The van der Waals surface area contributed by atoms with Crippen LogP contribution in [0.25, 0.3) is 0 Å². The van der Waals surface area contributed by atoms with Crippen LogP contribution in [0.5, 0.6) is 0 Å². The third-order valence-corrected chi connectivity index (χ3v) is 7.64. The zero-order valence-corrected chi connectivity index (χ0v) is 18.0. The number of halogens is 2. The molecule has 1 aliphatic carbocycles. The van der Waals surface area contributed by atoms with Gasteiger partial charge in [-0.15, -0.1) is 0 Å². The number of hydrogen-bond donors (Lipinski definition) is 2. The molecule has 0 aromatic heterocycles. The Morgan fingerprint density at radius 3 is 2.21 bits per heavy atom. The lowest BCUT2D eigenvalue weighted by molar-refractivity contribution is 0.294. The summed E-state index contributed by atoms with van der Waals surface area (Å²) in [5, 5.41) is 9.61. The van der Waals surface area contributed by atoms with Gasteiger partial charge in [-0.1, -0.05) is 60.3 Å². The number of sulfonamides is 1. The molecule has 4 nitrogen and oxygen atoms in total. The van der Waals surface area contributed by atoms with Crippen molar-refractivity contribution in [3.8, 4) is 0 Å². The second kappa shape index (κ2) is 9.14. The fraction of sp³-hybridized carbons (Fsp3) is 0.429. The highest BCUT2D eigenvalue weighted by atomic mass is 35.5. The van der Waals surface area contributed by atoms with Gasteiger partial charge in [0.25, 0.3) is 0 Å². The average molecular weight is 442 g/mol. The summed E-state index contributed by atoms with van der Waals surface area (Å²) < 4.78 is 28.2. The first-order chi connectivity index (χ1) is 13.3. The van der Waals surface area contributed by atoms with E-state index in [1.165, 1.54) is 23.8 Å². The predicted molar refractivity (Wildman–Crippen MR) is 113 cm³/mol. The van der Waals surface area contributed by atoms with Gasteiger partial charge in [0.05, 0.1) is 14.9 Å². The molecule has 0 amide bonds. The van der Waals surface area contributed by atoms with Gasteiger partial charge in [0.15, 0.2) is 0 Å². The quantitative estimate of drug-likeness (QED) is 0.628. The van der Waals surface area contributed by atoms with Gasteiger partial charge >= 0.3 is 0 Å². The van der Waals surface area contributed by atoms with Crippen molar-refractivity contribution in [1.29, 1.82) is 0 Å². The van der Waals surface area contributed by atoms with Gasteiger partial charge in [-0.3, -0.25) is 0 Å². The monoisotopic (exact) mass is 441 g/mol. The molecule has 0 atom stereocenters. The Labute approximate surface area is 176 Å². The zero-order valence-electron chi connectivity index (χ0n) is 15.6. The molecule has 3 rings (SSSR count). The molecule has 1 saturated carbocycles. The van der Waals surface area contributed by atoms with E-state index in [0.717, 1.165) is 37.7 Å². The summed E-state index contributed by atoms with van der Waals surface area (Å²) in [6.07, 6.45) is 5.68. The molecule has 1 fully saturated rings. The lowest BCUT2D eigenvalue weighted by Crippen LogP contribution is -2.37. The second-order valence-electron chi connectivity index (χ2n) is 7.57. The molecule has 2 N–H and O–H groups in total. The third kappa shape index (κ3) is 5.28. The lowest BCUT2D eigenvalue weighted by atomic mass is 9.80. The SMILES string of the molecule is O=S(=O)(NCC1(Cc2ccc(CCO)cc2)CCCC1)c1ccc(Cl)c(Cl)c1. The van der Waals surface area contributed by atoms with Crippen molar-refractivity contribution in [2.75, 3.05) is 13.2 Å². The van der Waals surface area contributed by atoms with E-state index < -0.39 is 10.0 Å². The number of aliphatic hydroxyl groups is 1. The molecular weight excluding hydrogens is 417 g/mol. The maximum absolute atomic E-state index is 12.7. The molecule has 2 aromatic carbocycles. The van der Waals surface area contributed by atoms with Crippen LogP contribution in [0.3, 0.4) is 0 Å². The van der Waals surface area contributed by atoms with E-state index in [-0.39, 0.29) is 21.9 Å². The highest BCUT2D eigenvalue weighted by Gasteiger charge is 2.35. The largest absolute Gasteiger partial charge is 0.396 e. The summed E-state index contributed by atoms with van der Waals surface area (Å²) >= 11 is 11.9. The molecule has 0 unspecified atom stereocenters. The van der Waals surface area contributed by atoms with Crippen molar-refractivity contribution in [2.45, 2.75) is 43.4 Å². The zero-order chi connectivity index (χ0) is 20.2. The first-order valence-electron chi connectivity index (χ1n) is 9.47. The van der Waals surface area contributed by atoms with E-state index in [2.05, 4.69) is 16.9 Å². The van der Waals surface area contributed by atoms with Crippen LogP contribution < -0.4 is 4.72 Å². The predicted octanol–water partition coefficient (Wildman–Crippen LogP) is 4.61. The molecule has 0 heterocycles. The molecule has 0 radical (unpaired) electrons. The molecule has 0 saturated heterocycles. The van der Waals surface area contributed by atoms with E-state index in [1.807, 2.05) is 12.1 Å². The topological polar surface area (TPSA) is 66.4 Å². The molecule has 1 aliphatic rings. The molecule has 152 valence electrons. The highest BCUT2D eigenvalue weighted by Crippen LogP contribution is 2.41. The standard InChI is InChI=1S/C21H25Cl2NO3S/c22-19-8-7-18(13-20(19)23)28(26,27)24-15-21(10-1-2-11-21)14-17-5-3-16(4-6-17)9-12-25/h3-8,13,24-25H,1-2,9-12,14-15H2. The Hall–Kier alpha value is -1.11. The van der Waals surface area contributed by atoms with Gasteiger partial charge in [-0.2, -0.15) is 0 Å². The minimum Gasteiger partial charge on any atom is -0.396 e. The van der Waals surface area contributed by atoms with Gasteiger partial charge in [0.1, 0.15) is 0 Å². The summed E-state index contributed by atoms with van der Waals surface area (Å²) in [5.74, 6) is 0. The number of benzene rings is 2. The van der Waals surface area contributed by atoms with Crippen LogP contribution >= 0.6 is 23.2 Å². The molecular formula is C21H25Cl2NO3S. The van der Waals surface area contributed by atoms with Gasteiger partial charge in [-0.25, -0.2) is 13.1 Å². The number of rotatable bonds is 8. The van der Waals surface area contributed by atoms with Crippen molar-refractivity contribution in [1.82, 2.24) is 4.72 Å². The molecule has 28 heavy (non-hydrogen) atoms. The molecule has 7 heteroatoms. The fourth-order valence-electron chi connectivity index (χ4n) is 3.90. The maximum atomic E-state index is 12.7. The van der Waals surface area contributed by atoms with Crippen LogP contribution in [-0.2, 0) is 22.9 Å². The Morgan fingerprint density at radius 2 is 1.61 bits per heavy atom. The van der Waals surface area contributed by atoms with Crippen molar-refractivity contribution in [3.63, 3.8) is 0 Å². The minimum absolute atomic E-state index is 0.0816. The molecule has 0 bridgehead atoms. The van der Waals surface area contributed by atoms with Crippen LogP contribution in [0.1, 0.15) is 36.8 Å². The molecule has 0 spiro atoms. The second-order valence-corrected chi connectivity index (χ2v) is 10.2. The van der Waals surface area contributed by atoms with Gasteiger partial charge in [-0.05, 0) is 60.4 Å². The smallest absolute Gasteiger partial charge is 0.240 e. The summed E-state index contributed by atoms with van der Waals surface area (Å²) in [7, 11) is -3.65. The Kier molecular flexibility index (Phi) is 7.05. The normalized spacial score (nSPS) is 16.4. The van der Waals surface area contributed by atoms with Crippen LogP contribution in [-0.4, -0.2) is 26.7 Å². The van der Waals surface area contributed by atoms with E-state index in [9.17, 15) is 8.42 Å². The first-order valence-corrected chi connectivity index (χ1v) is 11.7. The van der Waals surface area contributed by atoms with Gasteiger partial charge in [0.2, 0.25) is 10.0 Å². The van der Waals surface area contributed by atoms with E-state index in [4.69, 9.17) is 28.3 Å². The van der Waals surface area contributed by atoms with Crippen molar-refractivity contribution >= 4 is 33.2 Å². The van der Waals surface area contributed by atoms with Crippen molar-refractivity contribution in [2.24, 2.45) is 5.41 Å². The number of hydrogen-bond acceptors (Lipinski definition) is 3.